The van der Waals surface area contributed by atoms with Gasteiger partial charge in [-0.3, -0.25) is 14.6 Å². The molecule has 0 bridgehead atoms. The summed E-state index contributed by atoms with van der Waals surface area (Å²) in [5, 5.41) is 4.76. The summed E-state index contributed by atoms with van der Waals surface area (Å²) in [5.74, 6) is 6.36. The van der Waals surface area contributed by atoms with Crippen LogP contribution in [-0.4, -0.2) is 58.9 Å². The standard InChI is InChI=1S/C34H51N9O2/c1-21(2)31(37)33(44)41-17-5-7-29(41)27(35)19-40-25-13-9-23(10-14-25)24-11-15-26(16-12-24)43(39)20-28(36)30-8-6-18-42(30)34(45)32(38)22(3)4/h9-16,19-22,29-32,40H,5-8,17-18,35-39H2,1-4H3/b27-19-,28-20-. The highest BCUT2D eigenvalue weighted by molar-refractivity contribution is 5.83. The summed E-state index contributed by atoms with van der Waals surface area (Å²) in [5.41, 5.74) is 30.0. The second-order valence-corrected chi connectivity index (χ2v) is 12.9. The van der Waals surface area contributed by atoms with Crippen molar-refractivity contribution in [3.8, 4) is 11.1 Å². The van der Waals surface area contributed by atoms with E-state index in [1.807, 2.05) is 81.1 Å². The second-order valence-electron chi connectivity index (χ2n) is 12.9. The summed E-state index contributed by atoms with van der Waals surface area (Å²) in [6.07, 6.45) is 6.85. The largest absolute Gasteiger partial charge is 0.399 e. The summed E-state index contributed by atoms with van der Waals surface area (Å²) in [7, 11) is 0. The fourth-order valence-corrected chi connectivity index (χ4v) is 5.88. The van der Waals surface area contributed by atoms with Gasteiger partial charge < -0.3 is 38.1 Å². The first kappa shape index (κ1) is 33.8. The molecule has 2 aromatic carbocycles. The molecule has 2 aromatic rings. The van der Waals surface area contributed by atoms with Gasteiger partial charge in [0.25, 0.3) is 0 Å². The van der Waals surface area contributed by atoms with Gasteiger partial charge in [0, 0.05) is 42.6 Å². The normalized spacial score (nSPS) is 20.6. The average molecular weight is 618 g/mol. The van der Waals surface area contributed by atoms with E-state index in [2.05, 4.69) is 5.32 Å². The number of nitrogens with one attached hydrogen (secondary N) is 1. The van der Waals surface area contributed by atoms with Gasteiger partial charge in [0.1, 0.15) is 0 Å². The zero-order valence-corrected chi connectivity index (χ0v) is 27.0. The maximum atomic E-state index is 12.9. The maximum Gasteiger partial charge on any atom is 0.240 e. The Morgan fingerprint density at radius 2 is 1.22 bits per heavy atom. The van der Waals surface area contributed by atoms with Crippen LogP contribution in [0.4, 0.5) is 11.4 Å². The van der Waals surface area contributed by atoms with Crippen LogP contribution in [0.5, 0.6) is 0 Å². The van der Waals surface area contributed by atoms with E-state index in [0.29, 0.717) is 24.5 Å². The smallest absolute Gasteiger partial charge is 0.240 e. The quantitative estimate of drug-likeness (QED) is 0.163. The molecule has 0 aromatic heterocycles. The van der Waals surface area contributed by atoms with Crippen molar-refractivity contribution in [3.63, 3.8) is 0 Å². The van der Waals surface area contributed by atoms with E-state index in [1.165, 1.54) is 5.01 Å². The number of amides is 2. The number of hydrogen-bond acceptors (Lipinski definition) is 9. The van der Waals surface area contributed by atoms with Gasteiger partial charge >= 0.3 is 0 Å². The predicted molar refractivity (Wildman–Crippen MR) is 182 cm³/mol. The van der Waals surface area contributed by atoms with Crippen LogP contribution in [0.1, 0.15) is 53.4 Å². The lowest BCUT2D eigenvalue weighted by molar-refractivity contribution is -0.134. The van der Waals surface area contributed by atoms with E-state index < -0.39 is 12.1 Å². The zero-order valence-electron chi connectivity index (χ0n) is 27.0. The van der Waals surface area contributed by atoms with Gasteiger partial charge in [-0.25, -0.2) is 5.84 Å². The van der Waals surface area contributed by atoms with Gasteiger partial charge in [0.05, 0.1) is 29.9 Å². The SMILES string of the molecule is CC(C)C(N)C(=O)N1CCCC1/C(N)=C/Nc1ccc(-c2ccc(N(N)/C=C(\N)C3CCCN3C(=O)C(N)C(C)C)cc2)cc1. The molecule has 0 saturated carbocycles. The molecule has 2 aliphatic heterocycles. The topological polar surface area (TPSA) is 186 Å². The second kappa shape index (κ2) is 14.8. The number of anilines is 2. The summed E-state index contributed by atoms with van der Waals surface area (Å²) < 4.78 is 0. The molecule has 0 aliphatic carbocycles. The van der Waals surface area contributed by atoms with Gasteiger partial charge in [-0.05, 0) is 72.9 Å². The first-order valence-electron chi connectivity index (χ1n) is 15.9. The van der Waals surface area contributed by atoms with Gasteiger partial charge in [-0.2, -0.15) is 0 Å². The highest BCUT2D eigenvalue weighted by Gasteiger charge is 2.35. The fourth-order valence-electron chi connectivity index (χ4n) is 5.88. The molecule has 45 heavy (non-hydrogen) atoms. The molecule has 0 radical (unpaired) electrons. The number of hydrogen-bond donors (Lipinski definition) is 6. The molecule has 11 heteroatoms. The van der Waals surface area contributed by atoms with Crippen molar-refractivity contribution in [2.45, 2.75) is 77.5 Å². The number of hydrazine groups is 1. The summed E-state index contributed by atoms with van der Waals surface area (Å²) >= 11 is 0. The third-order valence-corrected chi connectivity index (χ3v) is 8.93. The van der Waals surface area contributed by atoms with E-state index in [1.54, 1.807) is 17.3 Å². The van der Waals surface area contributed by atoms with Crippen LogP contribution in [0, 0.1) is 11.8 Å². The minimum absolute atomic E-state index is 0.0456. The van der Waals surface area contributed by atoms with Crippen LogP contribution >= 0.6 is 0 Å². The number of carbonyl (C=O) groups is 2. The van der Waals surface area contributed by atoms with Crippen molar-refractivity contribution < 1.29 is 9.59 Å². The van der Waals surface area contributed by atoms with E-state index in [0.717, 1.165) is 48.2 Å². The molecule has 2 fully saturated rings. The van der Waals surface area contributed by atoms with E-state index >= 15 is 0 Å². The molecular weight excluding hydrogens is 566 g/mol. The zero-order chi connectivity index (χ0) is 32.8. The Morgan fingerprint density at radius 3 is 1.69 bits per heavy atom. The molecule has 2 heterocycles. The van der Waals surface area contributed by atoms with Gasteiger partial charge in [0.2, 0.25) is 11.8 Å². The van der Waals surface area contributed by atoms with Crippen LogP contribution in [0.25, 0.3) is 11.1 Å². The molecule has 244 valence electrons. The third-order valence-electron chi connectivity index (χ3n) is 8.93. The Balaban J connectivity index is 1.36. The van der Waals surface area contributed by atoms with Crippen LogP contribution in [-0.2, 0) is 9.59 Å². The van der Waals surface area contributed by atoms with Crippen LogP contribution in [0.3, 0.4) is 0 Å². The average Bonchev–Trinajstić information content (AvgIpc) is 3.73. The number of carbonyl (C=O) groups excluding carboxylic acids is 2. The number of benzene rings is 2. The first-order chi connectivity index (χ1) is 21.4. The van der Waals surface area contributed by atoms with Gasteiger partial charge in [-0.1, -0.05) is 52.0 Å². The molecule has 2 aliphatic rings. The Hall–Kier alpha value is -4.06. The van der Waals surface area contributed by atoms with Crippen LogP contribution in [0.2, 0.25) is 0 Å². The molecule has 4 atom stereocenters. The minimum Gasteiger partial charge on any atom is -0.399 e. The first-order valence-corrected chi connectivity index (χ1v) is 15.9. The molecule has 2 amide bonds. The molecular formula is C34H51N9O2. The summed E-state index contributed by atoms with van der Waals surface area (Å²) in [6, 6.07) is 14.5. The van der Waals surface area contributed by atoms with E-state index in [4.69, 9.17) is 28.8 Å². The number of nitrogens with zero attached hydrogens (tertiary/aromatic N) is 3. The monoisotopic (exact) mass is 617 g/mol. The highest BCUT2D eigenvalue weighted by Crippen LogP contribution is 2.27. The fraction of sp³-hybridized carbons (Fsp3) is 0.471. The highest BCUT2D eigenvalue weighted by atomic mass is 16.2. The number of likely N-dealkylation sites (tertiary alicyclic amines) is 2. The van der Waals surface area contributed by atoms with Crippen molar-refractivity contribution >= 4 is 23.2 Å². The van der Waals surface area contributed by atoms with E-state index in [-0.39, 0.29) is 35.7 Å². The Bertz CT molecular complexity index is 1370. The predicted octanol–water partition coefficient (Wildman–Crippen LogP) is 2.99. The van der Waals surface area contributed by atoms with Crippen LogP contribution in [0.15, 0.2) is 72.3 Å². The van der Waals surface area contributed by atoms with Crippen LogP contribution < -0.4 is 39.1 Å². The molecule has 0 spiro atoms. The molecule has 2 saturated heterocycles. The van der Waals surface area contributed by atoms with Gasteiger partial charge in [-0.15, -0.1) is 0 Å². The van der Waals surface area contributed by atoms with E-state index in [9.17, 15) is 9.59 Å². The molecule has 11 N–H and O–H groups in total. The lowest BCUT2D eigenvalue weighted by atomic mass is 10.0. The maximum absolute atomic E-state index is 12.9. The van der Waals surface area contributed by atoms with Crippen molar-refractivity contribution in [2.75, 3.05) is 23.4 Å². The number of nitrogens with two attached hydrogens (primary N) is 5. The molecule has 4 rings (SSSR count). The summed E-state index contributed by atoms with van der Waals surface area (Å²) in [4.78, 5) is 29.3. The van der Waals surface area contributed by atoms with Gasteiger partial charge in [0.15, 0.2) is 0 Å². The van der Waals surface area contributed by atoms with Crippen molar-refractivity contribution in [3.05, 3.63) is 72.3 Å². The van der Waals surface area contributed by atoms with Crippen molar-refractivity contribution in [1.82, 2.24) is 9.80 Å². The molecule has 11 nitrogen and oxygen atoms in total. The summed E-state index contributed by atoms with van der Waals surface area (Å²) in [6.45, 7) is 9.11. The molecule has 4 unspecified atom stereocenters. The number of rotatable bonds is 11. The Labute approximate surface area is 267 Å². The Kier molecular flexibility index (Phi) is 11.1. The lowest BCUT2D eigenvalue weighted by Crippen LogP contribution is -2.49. The third kappa shape index (κ3) is 7.97. The lowest BCUT2D eigenvalue weighted by Gasteiger charge is -2.29. The Morgan fingerprint density at radius 1 is 0.778 bits per heavy atom. The minimum atomic E-state index is -0.548. The van der Waals surface area contributed by atoms with Crippen molar-refractivity contribution in [2.24, 2.45) is 40.6 Å². The van der Waals surface area contributed by atoms with Crippen molar-refractivity contribution in [1.29, 1.82) is 0 Å².